The molecule has 0 radical (unpaired) electrons. The lowest BCUT2D eigenvalue weighted by atomic mass is 9.75. The fraction of sp³-hybridized carbons (Fsp3) is 1.00. The van der Waals surface area contributed by atoms with Gasteiger partial charge in [0, 0.05) is 0 Å². The zero-order valence-electron chi connectivity index (χ0n) is 13.1. The van der Waals surface area contributed by atoms with Crippen LogP contribution in [-0.2, 0) is 0 Å². The molecule has 17 heavy (non-hydrogen) atoms. The van der Waals surface area contributed by atoms with Gasteiger partial charge in [-0.3, -0.25) is 0 Å². The van der Waals surface area contributed by atoms with Crippen molar-refractivity contribution in [3.8, 4) is 0 Å². The predicted molar refractivity (Wildman–Crippen MR) is 82.4 cm³/mol. The maximum atomic E-state index is 2.63. The summed E-state index contributed by atoms with van der Waals surface area (Å²) >= 11 is 0. The first-order chi connectivity index (χ1) is 7.95. The number of rotatable bonds is 4. The van der Waals surface area contributed by atoms with Crippen LogP contribution < -0.4 is 0 Å². The maximum absolute atomic E-state index is 2.63. The van der Waals surface area contributed by atoms with Gasteiger partial charge >= 0.3 is 0 Å². The van der Waals surface area contributed by atoms with E-state index in [1.165, 1.54) is 32.1 Å². The van der Waals surface area contributed by atoms with Crippen molar-refractivity contribution in [3.63, 3.8) is 0 Å². The van der Waals surface area contributed by atoms with Crippen molar-refractivity contribution in [2.75, 3.05) is 6.66 Å². The minimum absolute atomic E-state index is 0.134. The Morgan fingerprint density at radius 3 is 1.35 bits per heavy atom. The monoisotopic (exact) mass is 256 g/mol. The first-order valence-electron chi connectivity index (χ1n) is 7.69. The maximum Gasteiger partial charge on any atom is -0.00714 e. The van der Waals surface area contributed by atoms with E-state index < -0.39 is 0 Å². The summed E-state index contributed by atoms with van der Waals surface area (Å²) in [6.45, 7) is 17.4. The molecule has 1 heteroatoms. The standard InChI is InChI=1S/C16H33P/c1-8-15(9-2)13(5)12-14(6)16(10-3,11-4)17(15)7/h13-14H,8-12H2,1-7H3. The Bertz CT molecular complexity index is 214. The molecule has 1 saturated heterocycles. The van der Waals surface area contributed by atoms with Crippen LogP contribution in [0.4, 0.5) is 0 Å². The van der Waals surface area contributed by atoms with E-state index in [2.05, 4.69) is 48.2 Å². The molecule has 2 unspecified atom stereocenters. The van der Waals surface area contributed by atoms with Crippen molar-refractivity contribution in [1.29, 1.82) is 0 Å². The van der Waals surface area contributed by atoms with E-state index in [1.807, 2.05) is 0 Å². The third-order valence-corrected chi connectivity index (χ3v) is 11.1. The van der Waals surface area contributed by atoms with Crippen molar-refractivity contribution >= 4 is 7.92 Å². The van der Waals surface area contributed by atoms with Crippen molar-refractivity contribution in [2.45, 2.75) is 84.0 Å². The molecule has 0 amide bonds. The predicted octanol–water partition coefficient (Wildman–Crippen LogP) is 5.89. The highest BCUT2D eigenvalue weighted by Crippen LogP contribution is 2.71. The molecule has 0 aliphatic carbocycles. The smallest absolute Gasteiger partial charge is 0.00714 e. The minimum Gasteiger partial charge on any atom is -0.0967 e. The van der Waals surface area contributed by atoms with Crippen molar-refractivity contribution in [1.82, 2.24) is 0 Å². The highest BCUT2D eigenvalue weighted by molar-refractivity contribution is 7.60. The van der Waals surface area contributed by atoms with E-state index in [9.17, 15) is 0 Å². The lowest BCUT2D eigenvalue weighted by molar-refractivity contribution is 0.221. The average molecular weight is 256 g/mol. The molecule has 0 aromatic carbocycles. The summed E-state index contributed by atoms with van der Waals surface area (Å²) < 4.78 is 0. The molecular formula is C16H33P. The van der Waals surface area contributed by atoms with Gasteiger partial charge in [0.05, 0.1) is 0 Å². The molecule has 0 bridgehead atoms. The Hall–Kier alpha value is 0.430. The third kappa shape index (κ3) is 2.09. The topological polar surface area (TPSA) is 0 Å². The normalized spacial score (nSPS) is 35.8. The molecule has 0 aromatic heterocycles. The first-order valence-corrected chi connectivity index (χ1v) is 9.47. The first kappa shape index (κ1) is 15.5. The summed E-state index contributed by atoms with van der Waals surface area (Å²) in [5, 5.41) is 1.32. The van der Waals surface area contributed by atoms with Crippen LogP contribution in [-0.4, -0.2) is 17.0 Å². The van der Waals surface area contributed by atoms with E-state index in [4.69, 9.17) is 0 Å². The fourth-order valence-corrected chi connectivity index (χ4v) is 9.23. The lowest BCUT2D eigenvalue weighted by Gasteiger charge is -2.60. The quantitative estimate of drug-likeness (QED) is 0.550. The van der Waals surface area contributed by atoms with Gasteiger partial charge in [-0.1, -0.05) is 49.5 Å². The van der Waals surface area contributed by atoms with Crippen LogP contribution in [0.2, 0.25) is 0 Å². The van der Waals surface area contributed by atoms with E-state index in [1.54, 1.807) is 0 Å². The van der Waals surface area contributed by atoms with Crippen LogP contribution in [0.15, 0.2) is 0 Å². The van der Waals surface area contributed by atoms with Gasteiger partial charge < -0.3 is 0 Å². The molecule has 0 nitrogen and oxygen atoms in total. The van der Waals surface area contributed by atoms with E-state index in [0.717, 1.165) is 11.8 Å². The Balaban J connectivity index is 3.19. The van der Waals surface area contributed by atoms with Gasteiger partial charge in [0.1, 0.15) is 0 Å². The molecule has 1 heterocycles. The molecular weight excluding hydrogens is 223 g/mol. The van der Waals surface area contributed by atoms with Crippen LogP contribution in [0.5, 0.6) is 0 Å². The Labute approximate surface area is 111 Å². The summed E-state index contributed by atoms with van der Waals surface area (Å²) in [7, 11) is 0.134. The van der Waals surface area contributed by atoms with Crippen molar-refractivity contribution in [3.05, 3.63) is 0 Å². The molecule has 1 rings (SSSR count). The van der Waals surface area contributed by atoms with Gasteiger partial charge in [-0.15, -0.1) is 0 Å². The van der Waals surface area contributed by atoms with Crippen LogP contribution >= 0.6 is 7.92 Å². The van der Waals surface area contributed by atoms with Gasteiger partial charge in [0.2, 0.25) is 0 Å². The highest BCUT2D eigenvalue weighted by Gasteiger charge is 2.53. The molecule has 1 aliphatic rings. The van der Waals surface area contributed by atoms with Gasteiger partial charge in [-0.05, 0) is 60.9 Å². The SMILES string of the molecule is CCC1(CC)C(C)CC(C)C(CC)(CC)P1C. The van der Waals surface area contributed by atoms with Gasteiger partial charge in [-0.2, -0.15) is 0 Å². The number of hydrogen-bond acceptors (Lipinski definition) is 0. The summed E-state index contributed by atoms with van der Waals surface area (Å²) in [4.78, 5) is 0. The number of hydrogen-bond donors (Lipinski definition) is 0. The van der Waals surface area contributed by atoms with Gasteiger partial charge in [0.25, 0.3) is 0 Å². The second-order valence-corrected chi connectivity index (χ2v) is 9.12. The Morgan fingerprint density at radius 1 is 0.824 bits per heavy atom. The zero-order valence-corrected chi connectivity index (χ0v) is 14.0. The molecule has 2 atom stereocenters. The fourth-order valence-electron chi connectivity index (χ4n) is 4.92. The van der Waals surface area contributed by atoms with Crippen molar-refractivity contribution in [2.24, 2.45) is 11.8 Å². The van der Waals surface area contributed by atoms with Crippen LogP contribution in [0, 0.1) is 11.8 Å². The largest absolute Gasteiger partial charge is 0.0967 e. The summed E-state index contributed by atoms with van der Waals surface area (Å²) in [5.41, 5.74) is 0. The van der Waals surface area contributed by atoms with E-state index >= 15 is 0 Å². The van der Waals surface area contributed by atoms with Gasteiger partial charge in [0.15, 0.2) is 0 Å². The third-order valence-electron chi connectivity index (χ3n) is 6.33. The van der Waals surface area contributed by atoms with Crippen LogP contribution in [0.1, 0.15) is 73.6 Å². The molecule has 102 valence electrons. The van der Waals surface area contributed by atoms with Crippen LogP contribution in [0.25, 0.3) is 0 Å². The summed E-state index contributed by atoms with van der Waals surface area (Å²) in [5.74, 6) is 1.85. The molecule has 1 fully saturated rings. The van der Waals surface area contributed by atoms with Crippen molar-refractivity contribution < 1.29 is 0 Å². The Morgan fingerprint density at radius 2 is 1.12 bits per heavy atom. The van der Waals surface area contributed by atoms with Gasteiger partial charge in [-0.25, -0.2) is 0 Å². The second-order valence-electron chi connectivity index (χ2n) is 6.22. The second kappa shape index (κ2) is 5.60. The minimum atomic E-state index is 0.134. The molecule has 0 N–H and O–H groups in total. The molecule has 0 aromatic rings. The Kier molecular flexibility index (Phi) is 5.10. The van der Waals surface area contributed by atoms with E-state index in [-0.39, 0.29) is 7.92 Å². The summed E-state index contributed by atoms with van der Waals surface area (Å²) in [6, 6.07) is 0. The average Bonchev–Trinajstić information content (AvgIpc) is 2.32. The zero-order chi connectivity index (χ0) is 13.3. The van der Waals surface area contributed by atoms with Crippen LogP contribution in [0.3, 0.4) is 0 Å². The lowest BCUT2D eigenvalue weighted by Crippen LogP contribution is -2.50. The molecule has 1 aliphatic heterocycles. The molecule has 0 spiro atoms. The highest BCUT2D eigenvalue weighted by atomic mass is 31.1. The van der Waals surface area contributed by atoms with E-state index in [0.29, 0.717) is 10.3 Å². The molecule has 0 saturated carbocycles. The summed E-state index contributed by atoms with van der Waals surface area (Å²) in [6.07, 6.45) is 7.02.